The second-order valence-corrected chi connectivity index (χ2v) is 16.5. The molecular weight excluding hydrogens is 907 g/mol. The summed E-state index contributed by atoms with van der Waals surface area (Å²) in [7, 11) is -2.67. The summed E-state index contributed by atoms with van der Waals surface area (Å²) < 4.78 is 32.9. The standard InChI is InChI=1S/3C15H12BClN2O3/c1-8-3-12(4-11-7-21-16(20)14(8)11)22-13-5-10(6-18)15(17)9(2)19-13;1-8-3-12(4-11-7-21-16(20)14(8)11)22-15-10(6-18)5-13(17)9(2)19-15;1-8-3-12-11(7-21-16(12)20)5-14(8)22-15-10(6-18)4-13(17)9(2)19-15/h3*3-5,20H,7H2,1-2H3. The Morgan fingerprint density at radius 3 is 1.55 bits per heavy atom. The zero-order valence-electron chi connectivity index (χ0n) is 36.2. The first kappa shape index (κ1) is 47.8. The van der Waals surface area contributed by atoms with Crippen molar-refractivity contribution < 1.29 is 43.2 Å². The maximum absolute atomic E-state index is 9.76. The molecule has 15 nitrogen and oxygen atoms in total. The second-order valence-electron chi connectivity index (χ2n) is 15.3. The summed E-state index contributed by atoms with van der Waals surface area (Å²) in [6, 6.07) is 21.4. The molecule has 3 aliphatic heterocycles. The molecule has 0 amide bonds. The Morgan fingerprint density at radius 1 is 0.530 bits per heavy atom. The highest BCUT2D eigenvalue weighted by atomic mass is 35.5. The van der Waals surface area contributed by atoms with E-state index in [1.165, 1.54) is 18.2 Å². The van der Waals surface area contributed by atoms with Crippen LogP contribution in [0.3, 0.4) is 0 Å². The first-order valence-corrected chi connectivity index (χ1v) is 21.2. The third kappa shape index (κ3) is 10.3. The zero-order valence-corrected chi connectivity index (χ0v) is 38.4. The predicted molar refractivity (Wildman–Crippen MR) is 247 cm³/mol. The number of benzene rings is 3. The van der Waals surface area contributed by atoms with Gasteiger partial charge in [0.2, 0.25) is 17.6 Å². The number of nitrogens with zero attached hydrogens (tertiary/aromatic N) is 6. The molecule has 0 saturated carbocycles. The number of aryl methyl sites for hydroxylation is 6. The SMILES string of the molecule is Cc1cc(Oc2cc(C#N)c(Cl)c(C)n2)cc2c1B(O)OC2.Cc1cc(Oc2nc(C)c(Cl)cc2C#N)cc2c1B(O)OC2.Cc1cc2c(cc1Oc1nc(C)c(Cl)cc1C#N)COB2O. The normalized spacial score (nSPS) is 13.0. The van der Waals surface area contributed by atoms with E-state index >= 15 is 0 Å². The number of fused-ring (bicyclic) bond motifs is 3. The summed E-state index contributed by atoms with van der Waals surface area (Å²) >= 11 is 18.0. The molecule has 0 bridgehead atoms. The van der Waals surface area contributed by atoms with Crippen LogP contribution < -0.4 is 30.6 Å². The van der Waals surface area contributed by atoms with Gasteiger partial charge in [0.05, 0.1) is 57.5 Å². The van der Waals surface area contributed by atoms with Crippen molar-refractivity contribution in [2.75, 3.05) is 0 Å². The van der Waals surface area contributed by atoms with E-state index in [2.05, 4.69) is 15.0 Å². The van der Waals surface area contributed by atoms with Gasteiger partial charge in [-0.05, 0) is 134 Å². The van der Waals surface area contributed by atoms with Crippen LogP contribution in [-0.2, 0) is 33.8 Å². The molecule has 0 saturated heterocycles. The van der Waals surface area contributed by atoms with Crippen LogP contribution in [0.5, 0.6) is 34.9 Å². The van der Waals surface area contributed by atoms with Gasteiger partial charge in [0.25, 0.3) is 0 Å². The first-order valence-electron chi connectivity index (χ1n) is 20.0. The van der Waals surface area contributed by atoms with Crippen LogP contribution in [0.4, 0.5) is 0 Å². The Kier molecular flexibility index (Phi) is 14.6. The van der Waals surface area contributed by atoms with Crippen LogP contribution in [0.15, 0.2) is 54.6 Å². The highest BCUT2D eigenvalue weighted by Gasteiger charge is 2.32. The number of hydrogen-bond donors (Lipinski definition) is 3. The molecule has 3 aliphatic rings. The van der Waals surface area contributed by atoms with E-state index in [0.29, 0.717) is 80.7 Å². The second kappa shape index (κ2) is 20.1. The third-order valence-corrected chi connectivity index (χ3v) is 11.9. The molecule has 3 N–H and O–H groups in total. The van der Waals surface area contributed by atoms with Gasteiger partial charge in [0, 0.05) is 6.07 Å². The number of rotatable bonds is 6. The molecule has 6 heterocycles. The van der Waals surface area contributed by atoms with E-state index in [1.807, 2.05) is 45.0 Å². The average molecular weight is 944 g/mol. The van der Waals surface area contributed by atoms with Crippen molar-refractivity contribution in [1.29, 1.82) is 15.8 Å². The maximum Gasteiger partial charge on any atom is 0.492 e. The fraction of sp³-hybridized carbons (Fsp3) is 0.200. The van der Waals surface area contributed by atoms with E-state index in [-0.39, 0.29) is 22.9 Å². The van der Waals surface area contributed by atoms with E-state index in [1.54, 1.807) is 51.1 Å². The van der Waals surface area contributed by atoms with Gasteiger partial charge in [-0.1, -0.05) is 40.9 Å². The minimum absolute atomic E-state index is 0.211. The third-order valence-electron chi connectivity index (χ3n) is 10.6. The van der Waals surface area contributed by atoms with Gasteiger partial charge < -0.3 is 43.2 Å². The van der Waals surface area contributed by atoms with E-state index < -0.39 is 21.4 Å². The number of ether oxygens (including phenoxy) is 3. The number of nitriles is 3. The lowest BCUT2D eigenvalue weighted by molar-refractivity contribution is 0.274. The van der Waals surface area contributed by atoms with Crippen molar-refractivity contribution in [3.8, 4) is 53.1 Å². The van der Waals surface area contributed by atoms with Crippen LogP contribution in [0.2, 0.25) is 15.1 Å². The number of aromatic nitrogens is 3. The minimum atomic E-state index is -0.895. The molecule has 0 fully saturated rings. The quantitative estimate of drug-likeness (QED) is 0.148. The van der Waals surface area contributed by atoms with Crippen LogP contribution in [0.25, 0.3) is 0 Å². The monoisotopic (exact) mass is 942 g/mol. The van der Waals surface area contributed by atoms with Gasteiger partial charge in [-0.15, -0.1) is 0 Å². The van der Waals surface area contributed by atoms with Crippen molar-refractivity contribution in [1.82, 2.24) is 15.0 Å². The van der Waals surface area contributed by atoms with Gasteiger partial charge >= 0.3 is 21.4 Å². The van der Waals surface area contributed by atoms with E-state index in [9.17, 15) is 25.6 Å². The Bertz CT molecular complexity index is 3050. The first-order chi connectivity index (χ1) is 31.5. The molecule has 0 unspecified atom stereocenters. The van der Waals surface area contributed by atoms with Crippen molar-refractivity contribution in [2.45, 2.75) is 61.4 Å². The van der Waals surface area contributed by atoms with Crippen molar-refractivity contribution in [2.24, 2.45) is 0 Å². The van der Waals surface area contributed by atoms with Crippen molar-refractivity contribution in [3.63, 3.8) is 0 Å². The van der Waals surface area contributed by atoms with Crippen LogP contribution in [-0.4, -0.2) is 51.4 Å². The highest BCUT2D eigenvalue weighted by Crippen LogP contribution is 2.33. The lowest BCUT2D eigenvalue weighted by Crippen LogP contribution is -2.30. The number of halogens is 3. The predicted octanol–water partition coefficient (Wildman–Crippen LogP) is 6.70. The molecule has 0 radical (unpaired) electrons. The topological polar surface area (TPSA) is 226 Å². The molecule has 330 valence electrons. The highest BCUT2D eigenvalue weighted by molar-refractivity contribution is 6.62. The van der Waals surface area contributed by atoms with E-state index in [0.717, 1.165) is 49.8 Å². The summed E-state index contributed by atoms with van der Waals surface area (Å²) in [4.78, 5) is 12.7. The fourth-order valence-electron chi connectivity index (χ4n) is 7.25. The van der Waals surface area contributed by atoms with Gasteiger partial charge in [0.1, 0.15) is 46.6 Å². The molecule has 0 spiro atoms. The van der Waals surface area contributed by atoms with Crippen molar-refractivity contribution >= 4 is 72.5 Å². The average Bonchev–Trinajstić information content (AvgIpc) is 3.97. The molecule has 0 aliphatic carbocycles. The maximum atomic E-state index is 9.76. The molecule has 3 aromatic carbocycles. The van der Waals surface area contributed by atoms with Gasteiger partial charge in [-0.25, -0.2) is 15.0 Å². The summed E-state index contributed by atoms with van der Waals surface area (Å²) in [5.41, 5.74) is 10.0. The largest absolute Gasteiger partial charge is 0.492 e. The molecular formula is C45H36B3Cl3N6O9. The zero-order chi connectivity index (χ0) is 47.6. The Balaban J connectivity index is 0.000000147. The molecule has 66 heavy (non-hydrogen) atoms. The molecule has 0 atom stereocenters. The van der Waals surface area contributed by atoms with E-state index in [4.69, 9.17) is 68.2 Å². The fourth-order valence-corrected chi connectivity index (χ4v) is 7.69. The molecule has 9 rings (SSSR count). The Labute approximate surface area is 396 Å². The summed E-state index contributed by atoms with van der Waals surface area (Å²) in [5, 5.41) is 57.8. The van der Waals surface area contributed by atoms with Crippen molar-refractivity contribution in [3.05, 3.63) is 137 Å². The summed E-state index contributed by atoms with van der Waals surface area (Å²) in [5.74, 6) is 2.42. The van der Waals surface area contributed by atoms with Gasteiger partial charge in [-0.3, -0.25) is 0 Å². The minimum Gasteiger partial charge on any atom is -0.439 e. The van der Waals surface area contributed by atoms with Crippen LogP contribution >= 0.6 is 34.8 Å². The number of pyridine rings is 3. The van der Waals surface area contributed by atoms with Gasteiger partial charge in [0.15, 0.2) is 0 Å². The summed E-state index contributed by atoms with van der Waals surface area (Å²) in [6.07, 6.45) is 0. The smallest absolute Gasteiger partial charge is 0.439 e. The van der Waals surface area contributed by atoms with Crippen LogP contribution in [0, 0.1) is 75.5 Å². The van der Waals surface area contributed by atoms with Gasteiger partial charge in [-0.2, -0.15) is 15.8 Å². The lowest BCUT2D eigenvalue weighted by Gasteiger charge is -2.12. The molecule has 3 aromatic heterocycles. The Hall–Kier alpha value is -6.20. The van der Waals surface area contributed by atoms with Crippen LogP contribution in [0.1, 0.15) is 67.2 Å². The lowest BCUT2D eigenvalue weighted by atomic mass is 9.76. The molecule has 6 aromatic rings. The summed E-state index contributed by atoms with van der Waals surface area (Å²) in [6.45, 7) is 11.8. The Morgan fingerprint density at radius 2 is 1.02 bits per heavy atom. The molecule has 21 heteroatoms. The number of hydrogen-bond acceptors (Lipinski definition) is 15.